The summed E-state index contributed by atoms with van der Waals surface area (Å²) in [5, 5.41) is 5.95. The Bertz CT molecular complexity index is 499. The minimum absolute atomic E-state index is 0.0758. The summed E-state index contributed by atoms with van der Waals surface area (Å²) in [6.45, 7) is 3.04. The minimum atomic E-state index is -0.274. The first-order valence-electron chi connectivity index (χ1n) is 6.50. The summed E-state index contributed by atoms with van der Waals surface area (Å²) in [5.41, 5.74) is 0.953. The molecule has 1 saturated heterocycles. The molecule has 2 rings (SSSR count). The molecule has 0 aromatic heterocycles. The molecule has 0 bridgehead atoms. The third-order valence-electron chi connectivity index (χ3n) is 3.16. The molecule has 1 atom stereocenters. The molecule has 108 valence electrons. The Morgan fingerprint density at radius 3 is 3.00 bits per heavy atom. The van der Waals surface area contributed by atoms with Crippen LogP contribution >= 0.6 is 11.6 Å². The number of amides is 2. The molecule has 2 N–H and O–H groups in total. The predicted molar refractivity (Wildman–Crippen MR) is 75.8 cm³/mol. The van der Waals surface area contributed by atoms with Crippen molar-refractivity contribution in [3.05, 3.63) is 28.8 Å². The van der Waals surface area contributed by atoms with E-state index in [1.54, 1.807) is 6.07 Å². The third-order valence-corrected chi connectivity index (χ3v) is 3.46. The van der Waals surface area contributed by atoms with Crippen molar-refractivity contribution in [3.63, 3.8) is 0 Å². The summed E-state index contributed by atoms with van der Waals surface area (Å²) in [6, 6.07) is 5.53. The van der Waals surface area contributed by atoms with Gasteiger partial charge in [-0.1, -0.05) is 23.7 Å². The molecule has 0 unspecified atom stereocenters. The van der Waals surface area contributed by atoms with Gasteiger partial charge in [-0.3, -0.25) is 9.59 Å². The minimum Gasteiger partial charge on any atom is -0.490 e. The smallest absolute Gasteiger partial charge is 0.225 e. The van der Waals surface area contributed by atoms with Gasteiger partial charge >= 0.3 is 0 Å². The maximum Gasteiger partial charge on any atom is 0.225 e. The van der Waals surface area contributed by atoms with E-state index in [1.807, 2.05) is 19.1 Å². The van der Waals surface area contributed by atoms with E-state index >= 15 is 0 Å². The van der Waals surface area contributed by atoms with Crippen molar-refractivity contribution in [1.82, 2.24) is 10.6 Å². The number of carbonyl (C=O) groups excluding carboxylic acids is 2. The fourth-order valence-electron chi connectivity index (χ4n) is 2.06. The number of hydrogen-bond acceptors (Lipinski definition) is 3. The van der Waals surface area contributed by atoms with Crippen molar-refractivity contribution in [3.8, 4) is 5.75 Å². The predicted octanol–water partition coefficient (Wildman–Crippen LogP) is 1.28. The monoisotopic (exact) mass is 296 g/mol. The van der Waals surface area contributed by atoms with Gasteiger partial charge in [0.2, 0.25) is 11.8 Å². The summed E-state index contributed by atoms with van der Waals surface area (Å²) in [7, 11) is 0. The van der Waals surface area contributed by atoms with Crippen molar-refractivity contribution < 1.29 is 14.3 Å². The lowest BCUT2D eigenvalue weighted by Gasteiger charge is -2.12. The van der Waals surface area contributed by atoms with Crippen LogP contribution in [0.15, 0.2) is 18.2 Å². The molecule has 0 spiro atoms. The van der Waals surface area contributed by atoms with Crippen LogP contribution in [0, 0.1) is 12.8 Å². The van der Waals surface area contributed by atoms with E-state index in [0.717, 1.165) is 5.56 Å². The van der Waals surface area contributed by atoms with Gasteiger partial charge < -0.3 is 15.4 Å². The van der Waals surface area contributed by atoms with Crippen molar-refractivity contribution in [2.45, 2.75) is 13.3 Å². The Kier molecular flexibility index (Phi) is 4.84. The van der Waals surface area contributed by atoms with E-state index in [9.17, 15) is 9.59 Å². The van der Waals surface area contributed by atoms with Crippen LogP contribution in [0.5, 0.6) is 5.75 Å². The number of carbonyl (C=O) groups is 2. The van der Waals surface area contributed by atoms with Gasteiger partial charge in [-0.2, -0.15) is 0 Å². The molecular formula is C14H17ClN2O3. The number of aryl methyl sites for hydroxylation is 1. The van der Waals surface area contributed by atoms with Gasteiger partial charge in [0, 0.05) is 13.0 Å². The molecule has 1 heterocycles. The third kappa shape index (κ3) is 3.63. The Morgan fingerprint density at radius 1 is 1.55 bits per heavy atom. The highest BCUT2D eigenvalue weighted by atomic mass is 35.5. The van der Waals surface area contributed by atoms with Crippen LogP contribution in [0.3, 0.4) is 0 Å². The van der Waals surface area contributed by atoms with Gasteiger partial charge in [0.05, 0.1) is 17.5 Å². The summed E-state index contributed by atoms with van der Waals surface area (Å²) >= 11 is 6.03. The second-order valence-corrected chi connectivity index (χ2v) is 5.14. The van der Waals surface area contributed by atoms with Gasteiger partial charge in [0.15, 0.2) is 0 Å². The number of benzene rings is 1. The van der Waals surface area contributed by atoms with E-state index in [4.69, 9.17) is 16.3 Å². The maximum atomic E-state index is 11.8. The first-order valence-corrected chi connectivity index (χ1v) is 6.88. The van der Waals surface area contributed by atoms with E-state index in [1.165, 1.54) is 0 Å². The molecule has 0 saturated carbocycles. The highest BCUT2D eigenvalue weighted by Crippen LogP contribution is 2.27. The molecule has 0 aliphatic carbocycles. The lowest BCUT2D eigenvalue weighted by Crippen LogP contribution is -2.34. The quantitative estimate of drug-likeness (QED) is 0.804. The molecule has 1 aromatic rings. The van der Waals surface area contributed by atoms with Crippen LogP contribution in [0.25, 0.3) is 0 Å². The second-order valence-electron chi connectivity index (χ2n) is 4.73. The van der Waals surface area contributed by atoms with Crippen LogP contribution in [-0.4, -0.2) is 31.5 Å². The average Bonchev–Trinajstić information content (AvgIpc) is 2.84. The summed E-state index contributed by atoms with van der Waals surface area (Å²) in [6.07, 6.45) is 0.260. The summed E-state index contributed by atoms with van der Waals surface area (Å²) in [4.78, 5) is 22.8. The number of halogens is 1. The number of rotatable bonds is 5. The van der Waals surface area contributed by atoms with Crippen LogP contribution in [-0.2, 0) is 9.59 Å². The zero-order valence-corrected chi connectivity index (χ0v) is 12.0. The molecular weight excluding hydrogens is 280 g/mol. The maximum absolute atomic E-state index is 11.8. The van der Waals surface area contributed by atoms with E-state index in [-0.39, 0.29) is 24.2 Å². The first kappa shape index (κ1) is 14.7. The van der Waals surface area contributed by atoms with Crippen molar-refractivity contribution in [1.29, 1.82) is 0 Å². The lowest BCUT2D eigenvalue weighted by molar-refractivity contribution is -0.126. The van der Waals surface area contributed by atoms with E-state index in [2.05, 4.69) is 10.6 Å². The molecule has 6 heteroatoms. The second kappa shape index (κ2) is 6.61. The normalized spacial score (nSPS) is 17.7. The largest absolute Gasteiger partial charge is 0.490 e. The molecule has 1 aliphatic heterocycles. The zero-order valence-electron chi connectivity index (χ0n) is 11.2. The first-order chi connectivity index (χ1) is 9.58. The van der Waals surface area contributed by atoms with Gasteiger partial charge in [0.1, 0.15) is 12.4 Å². The molecule has 1 aromatic carbocycles. The SMILES string of the molecule is Cc1cccc(Cl)c1OCCNC(=O)[C@@H]1CNC(=O)C1. The highest BCUT2D eigenvalue weighted by molar-refractivity contribution is 6.32. The Labute approximate surface area is 122 Å². The van der Waals surface area contributed by atoms with Crippen LogP contribution in [0.1, 0.15) is 12.0 Å². The topological polar surface area (TPSA) is 67.4 Å². The van der Waals surface area contributed by atoms with Crippen LogP contribution in [0.2, 0.25) is 5.02 Å². The fraction of sp³-hybridized carbons (Fsp3) is 0.429. The zero-order chi connectivity index (χ0) is 14.5. The van der Waals surface area contributed by atoms with E-state index < -0.39 is 0 Å². The van der Waals surface area contributed by atoms with Crippen molar-refractivity contribution in [2.24, 2.45) is 5.92 Å². The number of para-hydroxylation sites is 1. The number of ether oxygens (including phenoxy) is 1. The van der Waals surface area contributed by atoms with Gasteiger partial charge in [-0.05, 0) is 18.6 Å². The van der Waals surface area contributed by atoms with Crippen LogP contribution in [0.4, 0.5) is 0 Å². The lowest BCUT2D eigenvalue weighted by atomic mass is 10.1. The average molecular weight is 297 g/mol. The van der Waals surface area contributed by atoms with Crippen molar-refractivity contribution in [2.75, 3.05) is 19.7 Å². The fourth-order valence-corrected chi connectivity index (χ4v) is 2.34. The van der Waals surface area contributed by atoms with E-state index in [0.29, 0.717) is 30.5 Å². The standard InChI is InChI=1S/C14H17ClN2O3/c1-9-3-2-4-11(15)13(9)20-6-5-16-14(19)10-7-12(18)17-8-10/h2-4,10H,5-8H2,1H3,(H,16,19)(H,17,18)/t10-/m0/s1. The molecule has 2 amide bonds. The Balaban J connectivity index is 1.74. The Morgan fingerprint density at radius 2 is 2.35 bits per heavy atom. The molecule has 1 aliphatic rings. The van der Waals surface area contributed by atoms with Gasteiger partial charge in [0.25, 0.3) is 0 Å². The molecule has 20 heavy (non-hydrogen) atoms. The Hall–Kier alpha value is -1.75. The van der Waals surface area contributed by atoms with Crippen molar-refractivity contribution >= 4 is 23.4 Å². The number of hydrogen-bond donors (Lipinski definition) is 2. The molecule has 5 nitrogen and oxygen atoms in total. The molecule has 0 radical (unpaired) electrons. The highest BCUT2D eigenvalue weighted by Gasteiger charge is 2.27. The summed E-state index contributed by atoms with van der Waals surface area (Å²) in [5.74, 6) is 0.168. The molecule has 1 fully saturated rings. The van der Waals surface area contributed by atoms with Gasteiger partial charge in [-0.25, -0.2) is 0 Å². The summed E-state index contributed by atoms with van der Waals surface area (Å²) < 4.78 is 5.57. The number of nitrogens with one attached hydrogen (secondary N) is 2. The van der Waals surface area contributed by atoms with Gasteiger partial charge in [-0.15, -0.1) is 0 Å². The van der Waals surface area contributed by atoms with Crippen LogP contribution < -0.4 is 15.4 Å².